The van der Waals surface area contributed by atoms with E-state index in [1.54, 1.807) is 12.1 Å². The van der Waals surface area contributed by atoms with Gasteiger partial charge < -0.3 is 9.64 Å². The number of nitrogens with one attached hydrogen (secondary N) is 1. The highest BCUT2D eigenvalue weighted by molar-refractivity contribution is 7.89. The largest absolute Gasteiger partial charge is 0.495 e. The predicted molar refractivity (Wildman–Crippen MR) is 117 cm³/mol. The van der Waals surface area contributed by atoms with Crippen molar-refractivity contribution >= 4 is 21.7 Å². The molecule has 1 N–H and O–H groups in total. The molecule has 3 fully saturated rings. The highest BCUT2D eigenvalue weighted by atomic mass is 32.2. The van der Waals surface area contributed by atoms with E-state index in [1.807, 2.05) is 4.90 Å². The Balaban J connectivity index is 1.64. The highest BCUT2D eigenvalue weighted by Gasteiger charge is 2.37. The Hall–Kier alpha value is -1.93. The third kappa shape index (κ3) is 4.95. The number of rotatable bonds is 6. The first kappa shape index (κ1) is 22.3. The molecule has 1 aliphatic heterocycles. The Morgan fingerprint density at radius 3 is 2.55 bits per heavy atom. The molecule has 1 heterocycles. The average Bonchev–Trinajstić information content (AvgIpc) is 3.59. The van der Waals surface area contributed by atoms with E-state index in [0.717, 1.165) is 57.8 Å². The molecule has 31 heavy (non-hydrogen) atoms. The third-order valence-electron chi connectivity index (χ3n) is 6.73. The molecular weight excluding hydrogens is 416 g/mol. The van der Waals surface area contributed by atoms with Crippen LogP contribution in [0.15, 0.2) is 23.1 Å². The summed E-state index contributed by atoms with van der Waals surface area (Å²) in [6, 6.07) is 4.46. The first-order chi connectivity index (χ1) is 14.9. The lowest BCUT2D eigenvalue weighted by atomic mass is 9.80. The number of methoxy groups -OCH3 is 1. The van der Waals surface area contributed by atoms with Gasteiger partial charge in [-0.3, -0.25) is 9.59 Å². The van der Waals surface area contributed by atoms with E-state index < -0.39 is 10.0 Å². The van der Waals surface area contributed by atoms with E-state index >= 15 is 0 Å². The quantitative estimate of drug-likeness (QED) is 0.721. The molecule has 3 aliphatic rings. The van der Waals surface area contributed by atoms with Crippen molar-refractivity contribution in [3.8, 4) is 5.75 Å². The number of hydrogen-bond donors (Lipinski definition) is 1. The molecular formula is C23H32N2O5S. The molecule has 0 unspecified atom stereocenters. The SMILES string of the molecule is COc1ccc(C(=O)N2CCCCC[C@@H]2[C@H]2CCCCC2=O)cc1S(=O)(=O)NC1CC1. The van der Waals surface area contributed by atoms with Crippen LogP contribution in [0.1, 0.15) is 74.6 Å². The molecule has 8 heteroatoms. The summed E-state index contributed by atoms with van der Waals surface area (Å²) in [5, 5.41) is 0. The molecule has 7 nitrogen and oxygen atoms in total. The van der Waals surface area contributed by atoms with Crippen molar-refractivity contribution in [2.45, 2.75) is 81.2 Å². The summed E-state index contributed by atoms with van der Waals surface area (Å²) in [7, 11) is -2.35. The van der Waals surface area contributed by atoms with Crippen LogP contribution in [-0.2, 0) is 14.8 Å². The summed E-state index contributed by atoms with van der Waals surface area (Å²) in [5.74, 6) is 0.187. The van der Waals surface area contributed by atoms with Crippen LogP contribution in [0.2, 0.25) is 0 Å². The van der Waals surface area contributed by atoms with Gasteiger partial charge in [-0.15, -0.1) is 0 Å². The molecule has 1 aromatic carbocycles. The summed E-state index contributed by atoms with van der Waals surface area (Å²) < 4.78 is 33.7. The van der Waals surface area contributed by atoms with Crippen LogP contribution in [0.25, 0.3) is 0 Å². The zero-order chi connectivity index (χ0) is 22.0. The van der Waals surface area contributed by atoms with Gasteiger partial charge in [0.1, 0.15) is 16.4 Å². The first-order valence-electron chi connectivity index (χ1n) is 11.4. The maximum Gasteiger partial charge on any atom is 0.254 e. The van der Waals surface area contributed by atoms with E-state index in [4.69, 9.17) is 4.74 Å². The highest BCUT2D eigenvalue weighted by Crippen LogP contribution is 2.33. The van der Waals surface area contributed by atoms with Crippen molar-refractivity contribution in [2.24, 2.45) is 5.92 Å². The van der Waals surface area contributed by atoms with Gasteiger partial charge in [0.05, 0.1) is 7.11 Å². The molecule has 2 atom stereocenters. The number of carbonyl (C=O) groups excluding carboxylic acids is 2. The van der Waals surface area contributed by atoms with Crippen molar-refractivity contribution in [3.63, 3.8) is 0 Å². The Morgan fingerprint density at radius 2 is 1.84 bits per heavy atom. The average molecular weight is 449 g/mol. The molecule has 0 radical (unpaired) electrons. The summed E-state index contributed by atoms with van der Waals surface area (Å²) in [6.45, 7) is 0.599. The van der Waals surface area contributed by atoms with Gasteiger partial charge in [-0.2, -0.15) is 0 Å². The van der Waals surface area contributed by atoms with E-state index in [9.17, 15) is 18.0 Å². The van der Waals surface area contributed by atoms with Gasteiger partial charge in [-0.25, -0.2) is 13.1 Å². The minimum absolute atomic E-state index is 0.00661. The standard InChI is InChI=1S/C23H32N2O5S/c1-30-21-13-10-16(15-22(21)31(28,29)24-17-11-12-17)23(27)25-14-6-2-3-8-19(25)18-7-4-5-9-20(18)26/h10,13,15,17-19,24H,2-9,11-12,14H2,1H3/t18-,19-/m1/s1. The number of nitrogens with zero attached hydrogens (tertiary/aromatic N) is 1. The second-order valence-corrected chi connectivity index (χ2v) is 10.7. The number of ether oxygens (including phenoxy) is 1. The molecule has 0 bridgehead atoms. The molecule has 1 saturated heterocycles. The number of sulfonamides is 1. The van der Waals surface area contributed by atoms with Crippen LogP contribution >= 0.6 is 0 Å². The van der Waals surface area contributed by atoms with Crippen molar-refractivity contribution < 1.29 is 22.7 Å². The van der Waals surface area contributed by atoms with Crippen molar-refractivity contribution in [1.82, 2.24) is 9.62 Å². The van der Waals surface area contributed by atoms with Crippen molar-refractivity contribution in [3.05, 3.63) is 23.8 Å². The Kier molecular flexibility index (Phi) is 6.67. The number of hydrogen-bond acceptors (Lipinski definition) is 5. The first-order valence-corrected chi connectivity index (χ1v) is 12.9. The monoisotopic (exact) mass is 448 g/mol. The van der Waals surface area contributed by atoms with Crippen LogP contribution < -0.4 is 9.46 Å². The van der Waals surface area contributed by atoms with Crippen LogP contribution in [0.5, 0.6) is 5.75 Å². The molecule has 1 aromatic rings. The van der Waals surface area contributed by atoms with Gasteiger partial charge in [0.2, 0.25) is 10.0 Å². The molecule has 1 amide bonds. The normalized spacial score (nSPS) is 25.2. The smallest absolute Gasteiger partial charge is 0.254 e. The molecule has 2 aliphatic carbocycles. The Bertz CT molecular complexity index is 941. The fourth-order valence-electron chi connectivity index (χ4n) is 4.89. The van der Waals surface area contributed by atoms with E-state index in [1.165, 1.54) is 13.2 Å². The molecule has 2 saturated carbocycles. The minimum atomic E-state index is -3.78. The van der Waals surface area contributed by atoms with Crippen LogP contribution in [0.3, 0.4) is 0 Å². The van der Waals surface area contributed by atoms with Gasteiger partial charge >= 0.3 is 0 Å². The van der Waals surface area contributed by atoms with Crippen LogP contribution in [-0.4, -0.2) is 50.7 Å². The van der Waals surface area contributed by atoms with E-state index in [0.29, 0.717) is 18.5 Å². The number of ketones is 1. The van der Waals surface area contributed by atoms with E-state index in [-0.39, 0.29) is 40.3 Å². The van der Waals surface area contributed by atoms with E-state index in [2.05, 4.69) is 4.72 Å². The van der Waals surface area contributed by atoms with Gasteiger partial charge in [0.25, 0.3) is 5.91 Å². The summed E-state index contributed by atoms with van der Waals surface area (Å²) >= 11 is 0. The third-order valence-corrected chi connectivity index (χ3v) is 8.27. The second kappa shape index (κ2) is 9.28. The molecule has 0 aromatic heterocycles. The molecule has 170 valence electrons. The fraction of sp³-hybridized carbons (Fsp3) is 0.652. The number of amides is 1. The minimum Gasteiger partial charge on any atom is -0.495 e. The maximum atomic E-state index is 13.6. The van der Waals surface area contributed by atoms with Crippen molar-refractivity contribution in [2.75, 3.05) is 13.7 Å². The lowest BCUT2D eigenvalue weighted by Gasteiger charge is -2.37. The van der Waals surface area contributed by atoms with Gasteiger partial charge in [-0.1, -0.05) is 19.3 Å². The lowest BCUT2D eigenvalue weighted by Crippen LogP contribution is -2.47. The van der Waals surface area contributed by atoms with Crippen molar-refractivity contribution in [1.29, 1.82) is 0 Å². The Labute approximate surface area is 184 Å². The van der Waals surface area contributed by atoms with Gasteiger partial charge in [-0.05, 0) is 56.7 Å². The van der Waals surface area contributed by atoms with Gasteiger partial charge in [0, 0.05) is 36.5 Å². The maximum absolute atomic E-state index is 13.6. The number of Topliss-reactive ketones (excluding diaryl/α,β-unsaturated/α-hetero) is 1. The van der Waals surface area contributed by atoms with Crippen LogP contribution in [0.4, 0.5) is 0 Å². The topological polar surface area (TPSA) is 92.8 Å². The zero-order valence-corrected chi connectivity index (χ0v) is 19.0. The summed E-state index contributed by atoms with van der Waals surface area (Å²) in [6.07, 6.45) is 8.80. The Morgan fingerprint density at radius 1 is 1.06 bits per heavy atom. The van der Waals surface area contributed by atoms with Crippen LogP contribution in [0, 0.1) is 5.92 Å². The molecule has 0 spiro atoms. The second-order valence-electron chi connectivity index (χ2n) is 9.00. The lowest BCUT2D eigenvalue weighted by molar-refractivity contribution is -0.126. The summed E-state index contributed by atoms with van der Waals surface area (Å²) in [5.41, 5.74) is 0.326. The fourth-order valence-corrected chi connectivity index (χ4v) is 6.39. The summed E-state index contributed by atoms with van der Waals surface area (Å²) in [4.78, 5) is 28.1. The number of likely N-dealkylation sites (tertiary alicyclic amines) is 1. The molecule has 4 rings (SSSR count). The number of benzene rings is 1. The zero-order valence-electron chi connectivity index (χ0n) is 18.1. The predicted octanol–water partition coefficient (Wildman–Crippen LogP) is 3.28. The number of carbonyl (C=O) groups is 2. The van der Waals surface area contributed by atoms with Gasteiger partial charge in [0.15, 0.2) is 0 Å².